The minimum absolute atomic E-state index is 0.0118. The number of thiophene rings is 2. The van der Waals surface area contributed by atoms with Gasteiger partial charge in [0.2, 0.25) is 5.91 Å². The quantitative estimate of drug-likeness (QED) is 0.406. The Morgan fingerprint density at radius 3 is 2.76 bits per heavy atom. The van der Waals surface area contributed by atoms with Gasteiger partial charge in [-0.05, 0) is 35.2 Å². The number of rotatable bonds is 5. The summed E-state index contributed by atoms with van der Waals surface area (Å²) in [5.74, 6) is 0.648. The average Bonchev–Trinajstić information content (AvgIpc) is 3.48. The molecule has 1 aromatic carbocycles. The Bertz CT molecular complexity index is 1370. The summed E-state index contributed by atoms with van der Waals surface area (Å²) in [5, 5.41) is 5.32. The summed E-state index contributed by atoms with van der Waals surface area (Å²) < 4.78 is 0. The van der Waals surface area contributed by atoms with E-state index >= 15 is 0 Å². The summed E-state index contributed by atoms with van der Waals surface area (Å²) in [5.41, 5.74) is 1.75. The molecule has 0 aliphatic carbocycles. The van der Waals surface area contributed by atoms with Crippen LogP contribution in [0.1, 0.15) is 11.4 Å². The highest BCUT2D eigenvalue weighted by Crippen LogP contribution is 2.33. The fourth-order valence-electron chi connectivity index (χ4n) is 3.90. The summed E-state index contributed by atoms with van der Waals surface area (Å²) in [7, 11) is 0. The molecule has 3 aromatic heterocycles. The van der Waals surface area contributed by atoms with Crippen LogP contribution in [0.5, 0.6) is 0 Å². The van der Waals surface area contributed by atoms with E-state index in [-0.39, 0.29) is 11.5 Å². The average molecular weight is 497 g/mol. The van der Waals surface area contributed by atoms with Gasteiger partial charge in [0.15, 0.2) is 0 Å². The number of H-pyrrole nitrogens is 1. The Labute approximate surface area is 203 Å². The molecule has 4 heterocycles. The van der Waals surface area contributed by atoms with Crippen molar-refractivity contribution in [3.8, 4) is 10.4 Å². The molecule has 9 heteroatoms. The lowest BCUT2D eigenvalue weighted by atomic mass is 10.2. The SMILES string of the molecule is O=C(/C=C/c1cccc(Cl)c1)N1CCN(Cc2nc3scc(-c4cccs4)c3c(=O)[nH]2)CC1. The van der Waals surface area contributed by atoms with Crippen molar-refractivity contribution in [2.75, 3.05) is 26.2 Å². The molecule has 1 saturated heterocycles. The van der Waals surface area contributed by atoms with Crippen molar-refractivity contribution in [1.82, 2.24) is 19.8 Å². The molecule has 168 valence electrons. The number of hydrogen-bond donors (Lipinski definition) is 1. The molecule has 0 bridgehead atoms. The van der Waals surface area contributed by atoms with Crippen molar-refractivity contribution < 1.29 is 4.79 Å². The van der Waals surface area contributed by atoms with Crippen LogP contribution in [0.3, 0.4) is 0 Å². The summed E-state index contributed by atoms with van der Waals surface area (Å²) in [6.07, 6.45) is 3.38. The van der Waals surface area contributed by atoms with Crippen LogP contribution in [0.2, 0.25) is 5.02 Å². The summed E-state index contributed by atoms with van der Waals surface area (Å²) >= 11 is 9.11. The number of carbonyl (C=O) groups excluding carboxylic acids is 1. The normalized spacial score (nSPS) is 15.0. The predicted octanol–water partition coefficient (Wildman–Crippen LogP) is 4.72. The van der Waals surface area contributed by atoms with E-state index in [9.17, 15) is 9.59 Å². The van der Waals surface area contributed by atoms with Gasteiger partial charge < -0.3 is 9.88 Å². The van der Waals surface area contributed by atoms with Crippen LogP contribution in [0.4, 0.5) is 0 Å². The number of carbonyl (C=O) groups is 1. The van der Waals surface area contributed by atoms with Gasteiger partial charge in [-0.2, -0.15) is 0 Å². The third kappa shape index (κ3) is 4.94. The number of aromatic amines is 1. The first kappa shape index (κ1) is 22.0. The van der Waals surface area contributed by atoms with Crippen LogP contribution in [-0.4, -0.2) is 51.9 Å². The molecule has 1 fully saturated rings. The molecule has 1 N–H and O–H groups in total. The predicted molar refractivity (Wildman–Crippen MR) is 136 cm³/mol. The largest absolute Gasteiger partial charge is 0.337 e. The first-order valence-electron chi connectivity index (χ1n) is 10.6. The van der Waals surface area contributed by atoms with Crippen molar-refractivity contribution in [2.24, 2.45) is 0 Å². The highest BCUT2D eigenvalue weighted by atomic mass is 35.5. The van der Waals surface area contributed by atoms with Crippen molar-refractivity contribution in [2.45, 2.75) is 6.54 Å². The number of benzene rings is 1. The minimum atomic E-state index is -0.0976. The first-order chi connectivity index (χ1) is 16.1. The second kappa shape index (κ2) is 9.61. The smallest absolute Gasteiger partial charge is 0.260 e. The maximum absolute atomic E-state index is 12.8. The monoisotopic (exact) mass is 496 g/mol. The van der Waals surface area contributed by atoms with Gasteiger partial charge in [-0.1, -0.05) is 29.8 Å². The second-order valence-corrected chi connectivity index (χ2v) is 10.1. The Hall–Kier alpha value is -2.78. The van der Waals surface area contributed by atoms with Crippen LogP contribution in [-0.2, 0) is 11.3 Å². The lowest BCUT2D eigenvalue weighted by Crippen LogP contribution is -2.48. The Morgan fingerprint density at radius 1 is 1.15 bits per heavy atom. The molecule has 1 amide bonds. The number of piperazine rings is 1. The number of amides is 1. The lowest BCUT2D eigenvalue weighted by molar-refractivity contribution is -0.127. The molecule has 0 spiro atoms. The van der Waals surface area contributed by atoms with Crippen LogP contribution in [0.15, 0.2) is 58.0 Å². The third-order valence-corrected chi connectivity index (χ3v) is 7.61. The summed E-state index contributed by atoms with van der Waals surface area (Å²) in [6, 6.07) is 11.4. The van der Waals surface area contributed by atoms with E-state index in [1.54, 1.807) is 29.6 Å². The second-order valence-electron chi connectivity index (χ2n) is 7.81. The first-order valence-corrected chi connectivity index (χ1v) is 12.7. The number of nitrogens with zero attached hydrogens (tertiary/aromatic N) is 3. The van der Waals surface area contributed by atoms with Gasteiger partial charge in [-0.15, -0.1) is 22.7 Å². The van der Waals surface area contributed by atoms with Gasteiger partial charge >= 0.3 is 0 Å². The standard InChI is InChI=1S/C24H21ClN4O2S2/c25-17-4-1-3-16(13-17)6-7-21(30)29-10-8-28(9-11-29)14-20-26-23(31)22-18(15-33-24(22)27-20)19-5-2-12-32-19/h1-7,12-13,15H,8-11,14H2,(H,26,27,31)/b7-6+. The van der Waals surface area contributed by atoms with E-state index in [2.05, 4.69) is 9.88 Å². The zero-order valence-electron chi connectivity index (χ0n) is 17.7. The summed E-state index contributed by atoms with van der Waals surface area (Å²) in [4.78, 5) is 38.9. The van der Waals surface area contributed by atoms with Gasteiger partial charge in [0.1, 0.15) is 10.7 Å². The fraction of sp³-hybridized carbons (Fsp3) is 0.208. The van der Waals surface area contributed by atoms with E-state index < -0.39 is 0 Å². The number of nitrogens with one attached hydrogen (secondary N) is 1. The van der Waals surface area contributed by atoms with Crippen molar-refractivity contribution in [3.05, 3.63) is 80.0 Å². The topological polar surface area (TPSA) is 69.3 Å². The highest BCUT2D eigenvalue weighted by Gasteiger charge is 2.21. The Kier molecular flexibility index (Phi) is 6.41. The maximum atomic E-state index is 12.8. The molecule has 0 saturated carbocycles. The zero-order valence-corrected chi connectivity index (χ0v) is 20.1. The van der Waals surface area contributed by atoms with Gasteiger partial charge in [0.05, 0.1) is 11.9 Å². The molecular weight excluding hydrogens is 476 g/mol. The zero-order chi connectivity index (χ0) is 22.8. The molecule has 33 heavy (non-hydrogen) atoms. The maximum Gasteiger partial charge on any atom is 0.260 e. The third-order valence-electron chi connectivity index (χ3n) is 5.60. The highest BCUT2D eigenvalue weighted by molar-refractivity contribution is 7.18. The Balaban J connectivity index is 1.21. The van der Waals surface area contributed by atoms with Crippen molar-refractivity contribution in [1.29, 1.82) is 0 Å². The van der Waals surface area contributed by atoms with E-state index in [0.29, 0.717) is 35.9 Å². The van der Waals surface area contributed by atoms with E-state index in [0.717, 1.165) is 33.9 Å². The van der Waals surface area contributed by atoms with E-state index in [1.807, 2.05) is 46.0 Å². The lowest BCUT2D eigenvalue weighted by Gasteiger charge is -2.33. The molecule has 0 atom stereocenters. The summed E-state index contributed by atoms with van der Waals surface area (Å²) in [6.45, 7) is 3.27. The van der Waals surface area contributed by atoms with E-state index in [1.165, 1.54) is 11.3 Å². The van der Waals surface area contributed by atoms with Crippen LogP contribution in [0.25, 0.3) is 26.7 Å². The number of aromatic nitrogens is 2. The van der Waals surface area contributed by atoms with Crippen LogP contribution >= 0.6 is 34.3 Å². The van der Waals surface area contributed by atoms with E-state index in [4.69, 9.17) is 16.6 Å². The van der Waals surface area contributed by atoms with Gasteiger partial charge in [-0.3, -0.25) is 14.5 Å². The van der Waals surface area contributed by atoms with Gasteiger partial charge in [0.25, 0.3) is 5.56 Å². The van der Waals surface area contributed by atoms with Gasteiger partial charge in [0, 0.05) is 53.1 Å². The number of hydrogen-bond acceptors (Lipinski definition) is 6. The molecule has 1 aliphatic rings. The van der Waals surface area contributed by atoms with Crippen LogP contribution < -0.4 is 5.56 Å². The number of fused-ring (bicyclic) bond motifs is 1. The fourth-order valence-corrected chi connectivity index (χ4v) is 5.88. The number of halogens is 1. The molecule has 1 aliphatic heterocycles. The Morgan fingerprint density at radius 2 is 2.00 bits per heavy atom. The molecule has 0 unspecified atom stereocenters. The van der Waals surface area contributed by atoms with Crippen molar-refractivity contribution in [3.63, 3.8) is 0 Å². The molecule has 0 radical (unpaired) electrons. The van der Waals surface area contributed by atoms with Crippen molar-refractivity contribution >= 4 is 56.5 Å². The van der Waals surface area contributed by atoms with Crippen LogP contribution in [0, 0.1) is 0 Å². The molecular formula is C24H21ClN4O2S2. The molecule has 6 nitrogen and oxygen atoms in total. The van der Waals surface area contributed by atoms with Gasteiger partial charge in [-0.25, -0.2) is 4.98 Å². The minimum Gasteiger partial charge on any atom is -0.337 e. The molecule has 5 rings (SSSR count). The molecule has 4 aromatic rings.